The summed E-state index contributed by atoms with van der Waals surface area (Å²) in [7, 11) is 7.26. The third kappa shape index (κ3) is 3.69. The van der Waals surface area contributed by atoms with E-state index in [1.54, 1.807) is 5.01 Å². The predicted octanol–water partition coefficient (Wildman–Crippen LogP) is 1.91. The topological polar surface area (TPSA) is 49.0 Å². The van der Waals surface area contributed by atoms with Crippen molar-refractivity contribution in [1.29, 1.82) is 0 Å². The summed E-state index contributed by atoms with van der Waals surface area (Å²) in [4.78, 5) is 14.5. The van der Waals surface area contributed by atoms with Crippen LogP contribution in [0.1, 0.15) is 17.5 Å². The van der Waals surface area contributed by atoms with E-state index < -0.39 is 5.97 Å². The van der Waals surface area contributed by atoms with E-state index in [9.17, 15) is 4.79 Å². The lowest BCUT2D eigenvalue weighted by Gasteiger charge is -2.28. The number of hydrogen-bond acceptors (Lipinski definition) is 5. The molecule has 0 bridgehead atoms. The number of fused-ring (bicyclic) bond motifs is 1. The van der Waals surface area contributed by atoms with E-state index in [2.05, 4.69) is 29.2 Å². The molecule has 0 amide bonds. The lowest BCUT2D eigenvalue weighted by Crippen LogP contribution is -2.28. The number of carbonyl (C=O) groups excluding carboxylic acids is 1. The van der Waals surface area contributed by atoms with Crippen molar-refractivity contribution < 1.29 is 14.1 Å². The lowest BCUT2D eigenvalue weighted by atomic mass is 10.0. The van der Waals surface area contributed by atoms with E-state index in [0.717, 1.165) is 30.6 Å². The zero-order valence-corrected chi connectivity index (χ0v) is 15.8. The van der Waals surface area contributed by atoms with Crippen LogP contribution in [-0.4, -0.2) is 39.4 Å². The maximum Gasteiger partial charge on any atom is 0.359 e. The van der Waals surface area contributed by atoms with Crippen LogP contribution in [0.25, 0.3) is 0 Å². The SMILES string of the molecule is COC(=O)C(=NN(C)c1ccc2c(c1)CCCN2C)c1cc[n+](C)cc1. The average molecular weight is 353 g/mol. The van der Waals surface area contributed by atoms with Gasteiger partial charge in [-0.15, -0.1) is 0 Å². The van der Waals surface area contributed by atoms with E-state index in [-0.39, 0.29) is 5.71 Å². The van der Waals surface area contributed by atoms with Gasteiger partial charge in [0.15, 0.2) is 18.1 Å². The summed E-state index contributed by atoms with van der Waals surface area (Å²) in [6.45, 7) is 1.08. The van der Waals surface area contributed by atoms with E-state index in [0.29, 0.717) is 0 Å². The summed E-state index contributed by atoms with van der Waals surface area (Å²) in [5.74, 6) is -0.455. The zero-order chi connectivity index (χ0) is 18.7. The van der Waals surface area contributed by atoms with Crippen molar-refractivity contribution in [3.05, 3.63) is 53.9 Å². The van der Waals surface area contributed by atoms with E-state index in [1.807, 2.05) is 49.3 Å². The number of anilines is 2. The lowest BCUT2D eigenvalue weighted by molar-refractivity contribution is -0.671. The second kappa shape index (κ2) is 7.56. The number of pyridine rings is 1. The second-order valence-corrected chi connectivity index (χ2v) is 6.55. The molecule has 0 radical (unpaired) electrons. The van der Waals surface area contributed by atoms with Gasteiger partial charge in [0, 0.05) is 44.0 Å². The highest BCUT2D eigenvalue weighted by Gasteiger charge is 2.19. The first-order valence-corrected chi connectivity index (χ1v) is 8.70. The molecule has 1 aromatic carbocycles. The summed E-state index contributed by atoms with van der Waals surface area (Å²) >= 11 is 0. The quantitative estimate of drug-likeness (QED) is 0.365. The smallest absolute Gasteiger partial charge is 0.359 e. The van der Waals surface area contributed by atoms with Gasteiger partial charge >= 0.3 is 5.97 Å². The van der Waals surface area contributed by atoms with E-state index in [1.165, 1.54) is 18.4 Å². The van der Waals surface area contributed by atoms with Crippen molar-refractivity contribution in [3.8, 4) is 0 Å². The molecule has 0 spiro atoms. The molecule has 2 heterocycles. The Labute approximate surface area is 154 Å². The maximum absolute atomic E-state index is 12.2. The Bertz CT molecular complexity index is 830. The Kier molecular flexibility index (Phi) is 5.21. The second-order valence-electron chi connectivity index (χ2n) is 6.55. The van der Waals surface area contributed by atoms with Crippen LogP contribution in [0.4, 0.5) is 11.4 Å². The van der Waals surface area contributed by atoms with Gasteiger partial charge < -0.3 is 9.64 Å². The van der Waals surface area contributed by atoms with Crippen molar-refractivity contribution in [2.75, 3.05) is 37.7 Å². The third-order valence-corrected chi connectivity index (χ3v) is 4.67. The molecule has 3 rings (SSSR count). The number of ether oxygens (including phenoxy) is 1. The molecule has 1 aromatic heterocycles. The molecule has 136 valence electrons. The largest absolute Gasteiger partial charge is 0.464 e. The Morgan fingerprint density at radius 2 is 2.00 bits per heavy atom. The van der Waals surface area contributed by atoms with Crippen LogP contribution in [0, 0.1) is 0 Å². The molecule has 1 aliphatic heterocycles. The predicted molar refractivity (Wildman–Crippen MR) is 103 cm³/mol. The van der Waals surface area contributed by atoms with Gasteiger partial charge in [0.25, 0.3) is 0 Å². The number of hydrazone groups is 1. The van der Waals surface area contributed by atoms with Gasteiger partial charge in [-0.25, -0.2) is 9.36 Å². The summed E-state index contributed by atoms with van der Waals surface area (Å²) in [5, 5.41) is 6.27. The Hall–Kier alpha value is -2.89. The summed E-state index contributed by atoms with van der Waals surface area (Å²) < 4.78 is 6.83. The fourth-order valence-corrected chi connectivity index (χ4v) is 3.15. The van der Waals surface area contributed by atoms with Gasteiger partial charge in [-0.2, -0.15) is 5.10 Å². The van der Waals surface area contributed by atoms with Crippen molar-refractivity contribution in [2.45, 2.75) is 12.8 Å². The minimum absolute atomic E-state index is 0.283. The molecule has 2 aromatic rings. The van der Waals surface area contributed by atoms with E-state index in [4.69, 9.17) is 4.74 Å². The first-order valence-electron chi connectivity index (χ1n) is 8.70. The van der Waals surface area contributed by atoms with Gasteiger partial charge in [0.2, 0.25) is 0 Å². The van der Waals surface area contributed by atoms with Gasteiger partial charge in [-0.1, -0.05) is 0 Å². The first kappa shape index (κ1) is 17.9. The van der Waals surface area contributed by atoms with E-state index >= 15 is 0 Å². The Balaban J connectivity index is 1.94. The molecule has 0 saturated carbocycles. The molecule has 0 atom stereocenters. The summed E-state index contributed by atoms with van der Waals surface area (Å²) in [5.41, 5.74) is 4.53. The van der Waals surface area contributed by atoms with Crippen molar-refractivity contribution in [2.24, 2.45) is 12.1 Å². The molecule has 1 aliphatic rings. The average Bonchev–Trinajstić information content (AvgIpc) is 2.66. The Morgan fingerprint density at radius 3 is 2.69 bits per heavy atom. The van der Waals surface area contributed by atoms with Crippen molar-refractivity contribution in [3.63, 3.8) is 0 Å². The van der Waals surface area contributed by atoms with Crippen LogP contribution in [0.5, 0.6) is 0 Å². The van der Waals surface area contributed by atoms with Crippen LogP contribution in [0.3, 0.4) is 0 Å². The zero-order valence-electron chi connectivity index (χ0n) is 15.8. The van der Waals surface area contributed by atoms with Gasteiger partial charge in [-0.3, -0.25) is 5.01 Å². The molecule has 0 fully saturated rings. The van der Waals surface area contributed by atoms with Gasteiger partial charge in [0.05, 0.1) is 12.8 Å². The van der Waals surface area contributed by atoms with Gasteiger partial charge in [-0.05, 0) is 36.6 Å². The number of nitrogens with zero attached hydrogens (tertiary/aromatic N) is 4. The minimum Gasteiger partial charge on any atom is -0.464 e. The molecule has 6 heteroatoms. The number of rotatable bonds is 4. The molecule has 0 unspecified atom stereocenters. The highest BCUT2D eigenvalue weighted by Crippen LogP contribution is 2.29. The van der Waals surface area contributed by atoms with Crippen LogP contribution in [0.15, 0.2) is 47.8 Å². The standard InChI is InChI=1S/C20H25N4O2/c1-22-12-9-15(10-13-22)19(20(25)26-4)21-24(3)17-7-8-18-16(14-17)6-5-11-23(18)2/h7-10,12-14H,5-6,11H2,1-4H3/q+1. The summed E-state index contributed by atoms with van der Waals surface area (Å²) in [6.07, 6.45) is 5.96. The van der Waals surface area contributed by atoms with Crippen LogP contribution >= 0.6 is 0 Å². The highest BCUT2D eigenvalue weighted by molar-refractivity contribution is 6.43. The molecular formula is C20H25N4O2+. The third-order valence-electron chi connectivity index (χ3n) is 4.67. The van der Waals surface area contributed by atoms with Crippen LogP contribution in [0.2, 0.25) is 0 Å². The number of methoxy groups -OCH3 is 1. The number of hydrogen-bond donors (Lipinski definition) is 0. The molecular weight excluding hydrogens is 328 g/mol. The fourth-order valence-electron chi connectivity index (χ4n) is 3.15. The first-order chi connectivity index (χ1) is 12.5. The number of carbonyl (C=O) groups is 1. The maximum atomic E-state index is 12.2. The highest BCUT2D eigenvalue weighted by atomic mass is 16.5. The fraction of sp³-hybridized carbons (Fsp3) is 0.350. The molecule has 0 N–H and O–H groups in total. The molecule has 0 aliphatic carbocycles. The number of aromatic nitrogens is 1. The molecule has 26 heavy (non-hydrogen) atoms. The van der Waals surface area contributed by atoms with Crippen LogP contribution in [-0.2, 0) is 23.0 Å². The van der Waals surface area contributed by atoms with Gasteiger partial charge in [0.1, 0.15) is 7.05 Å². The van der Waals surface area contributed by atoms with Crippen molar-refractivity contribution in [1.82, 2.24) is 0 Å². The number of aryl methyl sites for hydroxylation is 2. The number of benzene rings is 1. The molecule has 6 nitrogen and oxygen atoms in total. The monoisotopic (exact) mass is 353 g/mol. The Morgan fingerprint density at radius 1 is 1.27 bits per heavy atom. The molecule has 0 saturated heterocycles. The number of esters is 1. The van der Waals surface area contributed by atoms with Crippen LogP contribution < -0.4 is 14.5 Å². The normalized spacial score (nSPS) is 14.0. The van der Waals surface area contributed by atoms with Crippen molar-refractivity contribution >= 4 is 23.1 Å². The summed E-state index contributed by atoms with van der Waals surface area (Å²) in [6, 6.07) is 10.0. The minimum atomic E-state index is -0.455.